The molecule has 0 unspecified atom stereocenters. The fourth-order valence-corrected chi connectivity index (χ4v) is 2.96. The van der Waals surface area contributed by atoms with Gasteiger partial charge in [0, 0.05) is 11.8 Å². The zero-order valence-corrected chi connectivity index (χ0v) is 15.9. The molecule has 8 nitrogen and oxygen atoms in total. The first kappa shape index (κ1) is 19.6. The number of anilines is 1. The van der Waals surface area contributed by atoms with Crippen LogP contribution in [0.2, 0.25) is 5.02 Å². The van der Waals surface area contributed by atoms with E-state index in [1.54, 1.807) is 30.3 Å². The molecule has 1 aliphatic heterocycles. The Morgan fingerprint density at radius 1 is 1.18 bits per heavy atom. The number of methoxy groups -OCH3 is 1. The van der Waals surface area contributed by atoms with Crippen molar-refractivity contribution in [2.24, 2.45) is 5.73 Å². The van der Waals surface area contributed by atoms with Crippen LogP contribution in [-0.4, -0.2) is 38.7 Å². The Balaban J connectivity index is 1.70. The third-order valence-electron chi connectivity index (χ3n) is 3.84. The molecule has 2 aromatic carbocycles. The van der Waals surface area contributed by atoms with Gasteiger partial charge >= 0.3 is 0 Å². The Bertz CT molecular complexity index is 902. The quantitative estimate of drug-likeness (QED) is 0.729. The van der Waals surface area contributed by atoms with Crippen LogP contribution in [0.25, 0.3) is 0 Å². The number of hydrogen-bond donors (Lipinski definition) is 2. The fraction of sp³-hybridized carbons (Fsp3) is 0.263. The Kier molecular flexibility index (Phi) is 6.10. The van der Waals surface area contributed by atoms with Gasteiger partial charge in [-0.05, 0) is 29.8 Å². The first-order chi connectivity index (χ1) is 13.5. The minimum Gasteiger partial charge on any atom is -0.493 e. The summed E-state index contributed by atoms with van der Waals surface area (Å²) in [6, 6.07) is 8.23. The van der Waals surface area contributed by atoms with Gasteiger partial charge in [0.05, 0.1) is 18.6 Å². The number of nitrogens with one attached hydrogen (secondary N) is 1. The van der Waals surface area contributed by atoms with Crippen molar-refractivity contribution in [1.82, 2.24) is 0 Å². The van der Waals surface area contributed by atoms with Gasteiger partial charge in [-0.1, -0.05) is 11.6 Å². The molecule has 28 heavy (non-hydrogen) atoms. The molecule has 0 fully saturated rings. The van der Waals surface area contributed by atoms with E-state index in [0.717, 1.165) is 0 Å². The minimum atomic E-state index is -0.619. The Morgan fingerprint density at radius 2 is 1.96 bits per heavy atom. The SMILES string of the molecule is COc1ccc(NC(=O)Cc2cc(Cl)c3c(c2)OCCO3)cc1OCC(N)=O. The van der Waals surface area contributed by atoms with Gasteiger partial charge in [-0.2, -0.15) is 0 Å². The fourth-order valence-electron chi connectivity index (χ4n) is 2.67. The summed E-state index contributed by atoms with van der Waals surface area (Å²) < 4.78 is 21.5. The van der Waals surface area contributed by atoms with Crippen molar-refractivity contribution in [3.63, 3.8) is 0 Å². The summed E-state index contributed by atoms with van der Waals surface area (Å²) in [5, 5.41) is 3.16. The molecule has 0 spiro atoms. The van der Waals surface area contributed by atoms with Gasteiger partial charge in [-0.3, -0.25) is 9.59 Å². The third-order valence-corrected chi connectivity index (χ3v) is 4.12. The maximum Gasteiger partial charge on any atom is 0.255 e. The molecule has 3 rings (SSSR count). The van der Waals surface area contributed by atoms with Gasteiger partial charge in [0.15, 0.2) is 29.6 Å². The van der Waals surface area contributed by atoms with Gasteiger partial charge < -0.3 is 30.0 Å². The molecule has 0 saturated heterocycles. The zero-order valence-electron chi connectivity index (χ0n) is 15.1. The molecule has 0 bridgehead atoms. The second-order valence-corrected chi connectivity index (χ2v) is 6.35. The standard InChI is InChI=1S/C19H19ClN2O6/c1-25-14-3-2-12(9-15(14)28-10-17(21)23)22-18(24)8-11-6-13(20)19-16(7-11)26-4-5-27-19/h2-3,6-7,9H,4-5,8,10H2,1H3,(H2,21,23)(H,22,24). The summed E-state index contributed by atoms with van der Waals surface area (Å²) >= 11 is 6.20. The first-order valence-electron chi connectivity index (χ1n) is 8.43. The van der Waals surface area contributed by atoms with Crippen LogP contribution in [0.4, 0.5) is 5.69 Å². The van der Waals surface area contributed by atoms with E-state index >= 15 is 0 Å². The highest BCUT2D eigenvalue weighted by Gasteiger charge is 2.18. The molecule has 3 N–H and O–H groups in total. The highest BCUT2D eigenvalue weighted by atomic mass is 35.5. The number of carbonyl (C=O) groups is 2. The molecule has 0 radical (unpaired) electrons. The van der Waals surface area contributed by atoms with Crippen molar-refractivity contribution in [3.8, 4) is 23.0 Å². The van der Waals surface area contributed by atoms with Crippen molar-refractivity contribution >= 4 is 29.1 Å². The molecule has 2 aromatic rings. The van der Waals surface area contributed by atoms with Gasteiger partial charge in [-0.25, -0.2) is 0 Å². The average molecular weight is 407 g/mol. The summed E-state index contributed by atoms with van der Waals surface area (Å²) in [5.41, 5.74) is 6.26. The van der Waals surface area contributed by atoms with Crippen LogP contribution in [0.5, 0.6) is 23.0 Å². The lowest BCUT2D eigenvalue weighted by Gasteiger charge is -2.20. The van der Waals surface area contributed by atoms with E-state index < -0.39 is 5.91 Å². The number of nitrogens with two attached hydrogens (primary N) is 1. The van der Waals surface area contributed by atoms with Crippen molar-refractivity contribution < 1.29 is 28.5 Å². The van der Waals surface area contributed by atoms with Crippen molar-refractivity contribution in [3.05, 3.63) is 40.9 Å². The van der Waals surface area contributed by atoms with Crippen LogP contribution in [0.3, 0.4) is 0 Å². The molecule has 9 heteroatoms. The van der Waals surface area contributed by atoms with Crippen molar-refractivity contribution in [2.75, 3.05) is 32.2 Å². The van der Waals surface area contributed by atoms with E-state index in [1.807, 2.05) is 0 Å². The Labute approximate surface area is 166 Å². The van der Waals surface area contributed by atoms with Crippen molar-refractivity contribution in [1.29, 1.82) is 0 Å². The largest absolute Gasteiger partial charge is 0.493 e. The molecule has 2 amide bonds. The Hall–Kier alpha value is -3.13. The number of rotatable bonds is 7. The summed E-state index contributed by atoms with van der Waals surface area (Å²) in [5.74, 6) is 0.835. The number of primary amides is 1. The van der Waals surface area contributed by atoms with Crippen LogP contribution in [0.15, 0.2) is 30.3 Å². The lowest BCUT2D eigenvalue weighted by molar-refractivity contribution is -0.120. The highest BCUT2D eigenvalue weighted by molar-refractivity contribution is 6.32. The van der Waals surface area contributed by atoms with Crippen molar-refractivity contribution in [2.45, 2.75) is 6.42 Å². The molecular formula is C19H19ClN2O6. The molecule has 148 valence electrons. The van der Waals surface area contributed by atoms with Crippen LogP contribution in [0.1, 0.15) is 5.56 Å². The van der Waals surface area contributed by atoms with E-state index in [4.69, 9.17) is 36.3 Å². The predicted octanol–water partition coefficient (Wildman–Crippen LogP) is 2.17. The summed E-state index contributed by atoms with van der Waals surface area (Å²) in [6.45, 7) is 0.562. The zero-order chi connectivity index (χ0) is 20.1. The number of fused-ring (bicyclic) bond motifs is 1. The normalized spacial score (nSPS) is 12.2. The molecule has 0 saturated carbocycles. The molecular weight excluding hydrogens is 388 g/mol. The maximum absolute atomic E-state index is 12.4. The van der Waals surface area contributed by atoms with Crippen LogP contribution in [-0.2, 0) is 16.0 Å². The molecule has 0 aromatic heterocycles. The van der Waals surface area contributed by atoms with Gasteiger partial charge in [0.2, 0.25) is 5.91 Å². The van der Waals surface area contributed by atoms with E-state index in [0.29, 0.717) is 52.5 Å². The average Bonchev–Trinajstić information content (AvgIpc) is 2.66. The van der Waals surface area contributed by atoms with Crippen LogP contribution >= 0.6 is 11.6 Å². The van der Waals surface area contributed by atoms with E-state index in [-0.39, 0.29) is 18.9 Å². The summed E-state index contributed by atoms with van der Waals surface area (Å²) in [7, 11) is 1.47. The van der Waals surface area contributed by atoms with Crippen LogP contribution in [0, 0.1) is 0 Å². The lowest BCUT2D eigenvalue weighted by Crippen LogP contribution is -2.20. The first-order valence-corrected chi connectivity index (χ1v) is 8.81. The molecule has 0 atom stereocenters. The molecule has 1 heterocycles. The topological polar surface area (TPSA) is 109 Å². The molecule has 0 aliphatic carbocycles. The number of carbonyl (C=O) groups excluding carboxylic acids is 2. The number of amides is 2. The van der Waals surface area contributed by atoms with Crippen LogP contribution < -0.4 is 30.0 Å². The summed E-state index contributed by atoms with van der Waals surface area (Å²) in [6.07, 6.45) is 0.0832. The molecule has 1 aliphatic rings. The van der Waals surface area contributed by atoms with E-state index in [9.17, 15) is 9.59 Å². The minimum absolute atomic E-state index is 0.0832. The second-order valence-electron chi connectivity index (χ2n) is 5.95. The third kappa shape index (κ3) is 4.77. The van der Waals surface area contributed by atoms with E-state index in [1.165, 1.54) is 7.11 Å². The summed E-state index contributed by atoms with van der Waals surface area (Å²) in [4.78, 5) is 23.3. The number of ether oxygens (including phenoxy) is 4. The predicted molar refractivity (Wildman–Crippen MR) is 102 cm³/mol. The lowest BCUT2D eigenvalue weighted by atomic mass is 10.1. The van der Waals surface area contributed by atoms with Gasteiger partial charge in [-0.15, -0.1) is 0 Å². The number of benzene rings is 2. The monoisotopic (exact) mass is 406 g/mol. The second kappa shape index (κ2) is 8.71. The smallest absolute Gasteiger partial charge is 0.255 e. The maximum atomic E-state index is 12.4. The number of halogens is 1. The Morgan fingerprint density at radius 3 is 2.71 bits per heavy atom. The van der Waals surface area contributed by atoms with E-state index in [2.05, 4.69) is 5.32 Å². The highest BCUT2D eigenvalue weighted by Crippen LogP contribution is 2.38. The van der Waals surface area contributed by atoms with Gasteiger partial charge in [0.1, 0.15) is 13.2 Å². The van der Waals surface area contributed by atoms with Gasteiger partial charge in [0.25, 0.3) is 5.91 Å². The number of hydrogen-bond acceptors (Lipinski definition) is 6.